The monoisotopic (exact) mass is 298 g/mol. The molecule has 0 aliphatic rings. The lowest BCUT2D eigenvalue weighted by atomic mass is 10.1. The second-order valence-corrected chi connectivity index (χ2v) is 4.49. The summed E-state index contributed by atoms with van der Waals surface area (Å²) >= 11 is 0. The number of hydrogen-bond acceptors (Lipinski definition) is 3. The molecular weight excluding hydrogens is 285 g/mol. The molecule has 0 aliphatic carbocycles. The number of carbonyl (C=O) groups is 1. The van der Waals surface area contributed by atoms with Gasteiger partial charge in [-0.1, -0.05) is 24.3 Å². The summed E-state index contributed by atoms with van der Waals surface area (Å²) in [6.45, 7) is 1.73. The van der Waals surface area contributed by atoms with Crippen LogP contribution in [-0.4, -0.2) is 22.9 Å². The van der Waals surface area contributed by atoms with Crippen molar-refractivity contribution in [1.82, 2.24) is 9.78 Å². The van der Waals surface area contributed by atoms with Gasteiger partial charge in [-0.15, -0.1) is 0 Å². The lowest BCUT2D eigenvalue weighted by molar-refractivity contribution is -0.144. The van der Waals surface area contributed by atoms with Gasteiger partial charge in [-0.2, -0.15) is 18.3 Å². The summed E-state index contributed by atoms with van der Waals surface area (Å²) in [4.78, 5) is 11.4. The van der Waals surface area contributed by atoms with Gasteiger partial charge < -0.3 is 4.74 Å². The van der Waals surface area contributed by atoms with Gasteiger partial charge in [0.25, 0.3) is 0 Å². The number of rotatable bonds is 3. The number of benzene rings is 1. The summed E-state index contributed by atoms with van der Waals surface area (Å²) in [5.74, 6) is -0.899. The highest BCUT2D eigenvalue weighted by atomic mass is 19.4. The fraction of sp³-hybridized carbons (Fsp3) is 0.286. The summed E-state index contributed by atoms with van der Waals surface area (Å²) in [6, 6.07) is 7.75. The first-order valence-electron chi connectivity index (χ1n) is 6.11. The van der Waals surface area contributed by atoms with Crippen LogP contribution in [0.4, 0.5) is 13.2 Å². The number of esters is 1. The number of nitrogens with zero attached hydrogens (tertiary/aromatic N) is 2. The molecule has 7 heteroatoms. The van der Waals surface area contributed by atoms with Gasteiger partial charge >= 0.3 is 12.1 Å². The van der Waals surface area contributed by atoms with Crippen molar-refractivity contribution in [2.75, 3.05) is 7.11 Å². The van der Waals surface area contributed by atoms with E-state index in [1.54, 1.807) is 31.2 Å². The lowest BCUT2D eigenvalue weighted by Crippen LogP contribution is -2.15. The predicted octanol–water partition coefficient (Wildman–Crippen LogP) is 3.05. The normalized spacial score (nSPS) is 11.5. The zero-order valence-electron chi connectivity index (χ0n) is 11.4. The third-order valence-electron chi connectivity index (χ3n) is 3.05. The van der Waals surface area contributed by atoms with Crippen LogP contribution < -0.4 is 0 Å². The van der Waals surface area contributed by atoms with Crippen LogP contribution in [0.2, 0.25) is 0 Å². The van der Waals surface area contributed by atoms with Gasteiger partial charge in [0.15, 0.2) is 5.69 Å². The van der Waals surface area contributed by atoms with E-state index < -0.39 is 17.8 Å². The molecule has 112 valence electrons. The Balaban J connectivity index is 2.44. The predicted molar refractivity (Wildman–Crippen MR) is 68.8 cm³/mol. The molecule has 0 fully saturated rings. The third kappa shape index (κ3) is 3.24. The Hall–Kier alpha value is -2.31. The summed E-state index contributed by atoms with van der Waals surface area (Å²) in [6.07, 6.45) is -4.60. The Morgan fingerprint density at radius 3 is 2.57 bits per heavy atom. The molecule has 21 heavy (non-hydrogen) atoms. The zero-order chi connectivity index (χ0) is 15.6. The first-order valence-corrected chi connectivity index (χ1v) is 6.11. The maximum atomic E-state index is 13.0. The molecule has 0 N–H and O–H groups in total. The van der Waals surface area contributed by atoms with E-state index in [9.17, 15) is 18.0 Å². The molecule has 0 amide bonds. The van der Waals surface area contributed by atoms with Crippen molar-refractivity contribution >= 4 is 5.97 Å². The van der Waals surface area contributed by atoms with E-state index in [2.05, 4.69) is 9.84 Å². The smallest absolute Gasteiger partial charge is 0.433 e. The van der Waals surface area contributed by atoms with Gasteiger partial charge in [0, 0.05) is 6.07 Å². The number of alkyl halides is 3. The highest BCUT2D eigenvalue weighted by Crippen LogP contribution is 2.30. The van der Waals surface area contributed by atoms with E-state index in [0.717, 1.165) is 17.4 Å². The average molecular weight is 298 g/mol. The quantitative estimate of drug-likeness (QED) is 0.818. The second-order valence-electron chi connectivity index (χ2n) is 4.49. The van der Waals surface area contributed by atoms with Crippen molar-refractivity contribution in [3.63, 3.8) is 0 Å². The van der Waals surface area contributed by atoms with E-state index in [1.165, 1.54) is 0 Å². The van der Waals surface area contributed by atoms with Crippen LogP contribution in [0.15, 0.2) is 30.3 Å². The minimum Gasteiger partial charge on any atom is -0.464 e. The minimum absolute atomic E-state index is 0.0709. The fourth-order valence-electron chi connectivity index (χ4n) is 1.92. The van der Waals surface area contributed by atoms with Crippen LogP contribution in [-0.2, 0) is 17.5 Å². The summed E-state index contributed by atoms with van der Waals surface area (Å²) in [5.41, 5.74) is 0.202. The number of methoxy groups -OCH3 is 1. The molecule has 1 aromatic heterocycles. The number of carbonyl (C=O) groups excluding carboxylic acids is 1. The number of aromatic nitrogens is 2. The molecule has 0 unspecified atom stereocenters. The average Bonchev–Trinajstić information content (AvgIpc) is 2.84. The van der Waals surface area contributed by atoms with Gasteiger partial charge in [-0.05, 0) is 18.1 Å². The van der Waals surface area contributed by atoms with E-state index in [0.29, 0.717) is 11.6 Å². The third-order valence-corrected chi connectivity index (χ3v) is 3.05. The Bertz CT molecular complexity index is 662. The summed E-state index contributed by atoms with van der Waals surface area (Å²) < 4.78 is 44.2. The molecule has 0 saturated heterocycles. The lowest BCUT2D eigenvalue weighted by Gasteiger charge is -2.11. The molecule has 4 nitrogen and oxygen atoms in total. The SMILES string of the molecule is COC(=O)c1cc(C(F)(F)F)n(Cc2ccccc2C)n1. The molecule has 1 aromatic carbocycles. The molecule has 0 atom stereocenters. The van der Waals surface area contributed by atoms with Crippen LogP contribution in [0, 0.1) is 6.92 Å². The van der Waals surface area contributed by atoms with E-state index >= 15 is 0 Å². The second kappa shape index (κ2) is 5.59. The first-order chi connectivity index (χ1) is 9.82. The Labute approximate surface area is 119 Å². The van der Waals surface area contributed by atoms with Crippen LogP contribution in [0.5, 0.6) is 0 Å². The molecular formula is C14H13F3N2O2. The van der Waals surface area contributed by atoms with Crippen molar-refractivity contribution in [2.24, 2.45) is 0 Å². The highest BCUT2D eigenvalue weighted by Gasteiger charge is 2.36. The zero-order valence-corrected chi connectivity index (χ0v) is 11.4. The number of hydrogen-bond donors (Lipinski definition) is 0. The van der Waals surface area contributed by atoms with E-state index in [1.807, 2.05) is 0 Å². The number of aryl methyl sites for hydroxylation is 1. The van der Waals surface area contributed by atoms with Crippen molar-refractivity contribution in [2.45, 2.75) is 19.6 Å². The molecule has 0 saturated carbocycles. The molecule has 0 radical (unpaired) electrons. The molecule has 0 aliphatic heterocycles. The van der Waals surface area contributed by atoms with Crippen molar-refractivity contribution in [3.05, 3.63) is 52.8 Å². The molecule has 0 bridgehead atoms. The number of ether oxygens (including phenoxy) is 1. The van der Waals surface area contributed by atoms with Gasteiger partial charge in [0.05, 0.1) is 13.7 Å². The fourth-order valence-corrected chi connectivity index (χ4v) is 1.92. The summed E-state index contributed by atoms with van der Waals surface area (Å²) in [5, 5.41) is 3.71. The molecule has 0 spiro atoms. The Kier molecular flexibility index (Phi) is 4.02. The van der Waals surface area contributed by atoms with Crippen molar-refractivity contribution < 1.29 is 22.7 Å². The Morgan fingerprint density at radius 2 is 2.00 bits per heavy atom. The van der Waals surface area contributed by atoms with Crippen LogP contribution >= 0.6 is 0 Å². The van der Waals surface area contributed by atoms with Crippen molar-refractivity contribution in [3.8, 4) is 0 Å². The van der Waals surface area contributed by atoms with Crippen LogP contribution in [0.25, 0.3) is 0 Å². The maximum Gasteiger partial charge on any atom is 0.433 e. The maximum absolute atomic E-state index is 13.0. The standard InChI is InChI=1S/C14H13F3N2O2/c1-9-5-3-4-6-10(9)8-19-12(14(15,16)17)7-11(18-19)13(20)21-2/h3-7H,8H2,1-2H3. The van der Waals surface area contributed by atoms with E-state index in [-0.39, 0.29) is 12.2 Å². The number of halogens is 3. The van der Waals surface area contributed by atoms with Crippen LogP contribution in [0.3, 0.4) is 0 Å². The van der Waals surface area contributed by atoms with Gasteiger partial charge in [0.2, 0.25) is 0 Å². The molecule has 2 aromatic rings. The van der Waals surface area contributed by atoms with Gasteiger partial charge in [0.1, 0.15) is 5.69 Å². The highest BCUT2D eigenvalue weighted by molar-refractivity contribution is 5.87. The minimum atomic E-state index is -4.60. The van der Waals surface area contributed by atoms with Gasteiger partial charge in [-0.25, -0.2) is 4.79 Å². The van der Waals surface area contributed by atoms with E-state index in [4.69, 9.17) is 0 Å². The summed E-state index contributed by atoms with van der Waals surface area (Å²) in [7, 11) is 1.09. The molecule has 1 heterocycles. The Morgan fingerprint density at radius 1 is 1.33 bits per heavy atom. The molecule has 2 rings (SSSR count). The van der Waals surface area contributed by atoms with Gasteiger partial charge in [-0.3, -0.25) is 4.68 Å². The largest absolute Gasteiger partial charge is 0.464 e. The topological polar surface area (TPSA) is 44.1 Å². The van der Waals surface area contributed by atoms with Crippen molar-refractivity contribution in [1.29, 1.82) is 0 Å². The first kappa shape index (κ1) is 15.1. The van der Waals surface area contributed by atoms with Crippen LogP contribution in [0.1, 0.15) is 27.3 Å².